The number of hydrogen-bond donors (Lipinski definition) is 3. The van der Waals surface area contributed by atoms with Crippen molar-refractivity contribution >= 4 is 40.6 Å². The van der Waals surface area contributed by atoms with Crippen molar-refractivity contribution in [3.8, 4) is 5.75 Å². The van der Waals surface area contributed by atoms with Crippen LogP contribution in [0.1, 0.15) is 38.5 Å². The molecule has 0 heterocycles. The Morgan fingerprint density at radius 1 is 0.875 bits per heavy atom. The molecule has 2 radical (unpaired) electrons. The number of unbranched alkanes of at least 4 members (excludes halogenated alkanes) is 3. The third-order valence-electron chi connectivity index (χ3n) is 2.87. The third-order valence-corrected chi connectivity index (χ3v) is 5.26. The van der Waals surface area contributed by atoms with Crippen LogP contribution in [0.25, 0.3) is 0 Å². The van der Waals surface area contributed by atoms with Gasteiger partial charge in [-0.2, -0.15) is 0 Å². The zero-order valence-corrected chi connectivity index (χ0v) is 16.4. The fourth-order valence-electron chi connectivity index (χ4n) is 1.70. The van der Waals surface area contributed by atoms with Gasteiger partial charge in [0, 0.05) is 12.8 Å². The number of hydrogen-bond acceptors (Lipinski definition) is 4. The van der Waals surface area contributed by atoms with E-state index in [2.05, 4.69) is 0 Å². The molecule has 0 aliphatic carbocycles. The summed E-state index contributed by atoms with van der Waals surface area (Å²) in [6.45, 7) is 0. The van der Waals surface area contributed by atoms with Crippen LogP contribution in [-0.2, 0) is 9.59 Å². The Labute approximate surface area is 150 Å². The number of carbonyl (C=O) groups is 3. The molecule has 0 aliphatic rings. The molecule has 0 atom stereocenters. The van der Waals surface area contributed by atoms with E-state index in [1.807, 2.05) is 12.1 Å². The minimum atomic E-state index is -1.41. The second kappa shape index (κ2) is 13.6. The summed E-state index contributed by atoms with van der Waals surface area (Å²) in [5, 5.41) is 25.1. The Kier molecular flexibility index (Phi) is 12.6. The van der Waals surface area contributed by atoms with Crippen LogP contribution in [0.2, 0.25) is 0 Å². The van der Waals surface area contributed by atoms with E-state index in [-0.39, 0.29) is 12.8 Å². The fourth-order valence-corrected chi connectivity index (χ4v) is 3.36. The molecule has 0 aromatic heterocycles. The maximum atomic E-state index is 10.4. The first-order valence-electron chi connectivity index (χ1n) is 7.42. The van der Waals surface area contributed by atoms with Gasteiger partial charge < -0.3 is 10.2 Å². The Morgan fingerprint density at radius 3 is 1.67 bits per heavy atom. The first-order chi connectivity index (χ1) is 11.3. The molecule has 0 unspecified atom stereocenters. The van der Waals surface area contributed by atoms with Gasteiger partial charge in [0.05, 0.1) is 0 Å². The van der Waals surface area contributed by atoms with Gasteiger partial charge >= 0.3 is 92.4 Å². The number of methoxy groups -OCH3 is 1. The molecule has 0 amide bonds. The van der Waals surface area contributed by atoms with Crippen molar-refractivity contribution < 1.29 is 34.4 Å². The van der Waals surface area contributed by atoms with Crippen molar-refractivity contribution in [1.29, 1.82) is 0 Å². The van der Waals surface area contributed by atoms with E-state index in [0.29, 0.717) is 12.8 Å². The Hall–Kier alpha value is -1.77. The molecule has 24 heavy (non-hydrogen) atoms. The van der Waals surface area contributed by atoms with Crippen LogP contribution in [0.15, 0.2) is 24.3 Å². The standard InChI is InChI=1S/C8H14O4.C7H7O.CHO2.Sn/c9-7(10)5-3-1-2-4-6-8(11)12;1-8-7-5-3-2-4-6-7;2-1-3;/h1-6H2,(H,9,10)(H,11,12);3-6H,1H3;(H,2,3);. The van der Waals surface area contributed by atoms with E-state index in [1.165, 1.54) is 0 Å². The molecule has 0 saturated carbocycles. The first kappa shape index (κ1) is 22.2. The summed E-state index contributed by atoms with van der Waals surface area (Å²) in [6, 6.07) is 7.22. The maximum absolute atomic E-state index is 10.4. The average molecular weight is 445 g/mol. The molecule has 1 aromatic rings. The topological polar surface area (TPSA) is 121 Å². The van der Waals surface area contributed by atoms with Crippen LogP contribution in [0, 0.1) is 0 Å². The molecular formula is C16H22O7Sn. The first-order valence-corrected chi connectivity index (χ1v) is 10.3. The number of carboxylic acid groups (broad SMARTS) is 3. The van der Waals surface area contributed by atoms with Gasteiger partial charge in [-0.15, -0.1) is 0 Å². The van der Waals surface area contributed by atoms with Gasteiger partial charge in [0.2, 0.25) is 0 Å². The van der Waals surface area contributed by atoms with E-state index in [0.717, 1.165) is 22.2 Å². The molecule has 0 bridgehead atoms. The van der Waals surface area contributed by atoms with Gasteiger partial charge in [0.25, 0.3) is 0 Å². The molecule has 3 N–H and O–H groups in total. The van der Waals surface area contributed by atoms with Gasteiger partial charge in [-0.3, -0.25) is 9.59 Å². The number of carboxylic acids is 2. The van der Waals surface area contributed by atoms with Gasteiger partial charge in [0.15, 0.2) is 0 Å². The number of benzene rings is 1. The van der Waals surface area contributed by atoms with Crippen LogP contribution in [0.5, 0.6) is 5.75 Å². The zero-order valence-electron chi connectivity index (χ0n) is 13.5. The molecule has 0 fully saturated rings. The monoisotopic (exact) mass is 446 g/mol. The quantitative estimate of drug-likeness (QED) is 0.373. The van der Waals surface area contributed by atoms with E-state index in [9.17, 15) is 14.4 Å². The Balaban J connectivity index is 0.000000441. The average Bonchev–Trinajstić information content (AvgIpc) is 2.51. The SMILES string of the molecule is COc1cc[c]([Sn][C](=O)O)cc1.O=C(O)CCCCCCC(=O)O. The van der Waals surface area contributed by atoms with Gasteiger partial charge in [0.1, 0.15) is 0 Å². The molecule has 0 spiro atoms. The zero-order chi connectivity index (χ0) is 18.4. The smallest absolute Gasteiger partial charge is 0.303 e. The fraction of sp³-hybridized carbons (Fsp3) is 0.438. The molecule has 132 valence electrons. The normalized spacial score (nSPS) is 9.54. The van der Waals surface area contributed by atoms with Gasteiger partial charge in [-0.05, 0) is 12.8 Å². The molecule has 1 aromatic carbocycles. The number of ether oxygens (including phenoxy) is 1. The summed E-state index contributed by atoms with van der Waals surface area (Å²) >= 11 is -1.41. The van der Waals surface area contributed by atoms with Crippen molar-refractivity contribution in [2.24, 2.45) is 0 Å². The minimum Gasteiger partial charge on any atom is -0.481 e. The van der Waals surface area contributed by atoms with E-state index in [1.54, 1.807) is 19.2 Å². The summed E-state index contributed by atoms with van der Waals surface area (Å²) in [6.07, 6.45) is 3.28. The second-order valence-corrected chi connectivity index (χ2v) is 8.44. The summed E-state index contributed by atoms with van der Waals surface area (Å²) in [5.74, 6) is -0.801. The van der Waals surface area contributed by atoms with Crippen LogP contribution < -0.4 is 8.32 Å². The summed E-state index contributed by atoms with van der Waals surface area (Å²) in [7, 11) is 1.59. The largest absolute Gasteiger partial charge is 0.481 e. The molecule has 8 heteroatoms. The van der Waals surface area contributed by atoms with E-state index < -0.39 is 37.1 Å². The Morgan fingerprint density at radius 2 is 1.33 bits per heavy atom. The predicted octanol–water partition coefficient (Wildman–Crippen LogP) is 2.20. The van der Waals surface area contributed by atoms with Crippen molar-refractivity contribution in [2.75, 3.05) is 7.11 Å². The van der Waals surface area contributed by atoms with Crippen molar-refractivity contribution in [1.82, 2.24) is 0 Å². The molecule has 0 saturated heterocycles. The van der Waals surface area contributed by atoms with Crippen molar-refractivity contribution in [3.63, 3.8) is 0 Å². The predicted molar refractivity (Wildman–Crippen MR) is 89.4 cm³/mol. The van der Waals surface area contributed by atoms with Crippen LogP contribution in [-0.4, -0.2) is 59.5 Å². The maximum Gasteiger partial charge on any atom is 0.303 e. The molecule has 7 nitrogen and oxygen atoms in total. The number of aliphatic carboxylic acids is 2. The van der Waals surface area contributed by atoms with Crippen molar-refractivity contribution in [2.45, 2.75) is 38.5 Å². The summed E-state index contributed by atoms with van der Waals surface area (Å²) in [4.78, 5) is 30.5. The second-order valence-electron chi connectivity index (χ2n) is 4.86. The van der Waals surface area contributed by atoms with E-state index in [4.69, 9.17) is 20.1 Å². The van der Waals surface area contributed by atoms with Gasteiger partial charge in [-0.1, -0.05) is 12.8 Å². The van der Waals surface area contributed by atoms with Crippen molar-refractivity contribution in [3.05, 3.63) is 24.3 Å². The molecule has 1 rings (SSSR count). The minimum absolute atomic E-state index is 0.188. The summed E-state index contributed by atoms with van der Waals surface area (Å²) < 4.78 is 5.25. The number of rotatable bonds is 10. The van der Waals surface area contributed by atoms with Crippen LogP contribution in [0.4, 0.5) is 4.79 Å². The van der Waals surface area contributed by atoms with Crippen LogP contribution in [0.3, 0.4) is 0 Å². The van der Waals surface area contributed by atoms with Crippen LogP contribution >= 0.6 is 0 Å². The Bertz CT molecular complexity index is 496. The molecular weight excluding hydrogens is 423 g/mol. The van der Waals surface area contributed by atoms with E-state index >= 15 is 0 Å². The van der Waals surface area contributed by atoms with Gasteiger partial charge in [-0.25, -0.2) is 0 Å². The summed E-state index contributed by atoms with van der Waals surface area (Å²) in [5.41, 5.74) is 0. The molecule has 0 aliphatic heterocycles. The third kappa shape index (κ3) is 13.9.